The van der Waals surface area contributed by atoms with Crippen LogP contribution in [0.1, 0.15) is 63.0 Å². The highest BCUT2D eigenvalue weighted by Gasteiger charge is 2.37. The summed E-state index contributed by atoms with van der Waals surface area (Å²) in [6, 6.07) is 6.31. The van der Waals surface area contributed by atoms with Crippen molar-refractivity contribution in [2.24, 2.45) is 0 Å². The van der Waals surface area contributed by atoms with E-state index in [1.165, 1.54) is 6.42 Å². The van der Waals surface area contributed by atoms with Crippen LogP contribution in [0.5, 0.6) is 5.75 Å². The standard InChI is InChI=1S/C18H25NO2/c1-12(2)19(13-6-3-7-13)18(21)16-10-4-9-15-14(16)8-5-11-17(15)20/h5,8,11-13,16,20H,3-4,6-7,9-10H2,1-2H3. The number of rotatable bonds is 3. The number of amides is 1. The third-order valence-electron chi connectivity index (χ3n) is 5.06. The van der Waals surface area contributed by atoms with E-state index in [9.17, 15) is 9.90 Å². The Kier molecular flexibility index (Phi) is 3.92. The number of phenolic OH excluding ortho intramolecular Hbond substituents is 1. The third-order valence-corrected chi connectivity index (χ3v) is 5.06. The van der Waals surface area contributed by atoms with E-state index < -0.39 is 0 Å². The molecule has 21 heavy (non-hydrogen) atoms. The molecule has 3 rings (SSSR count). The Morgan fingerprint density at radius 1 is 1.24 bits per heavy atom. The monoisotopic (exact) mass is 287 g/mol. The molecule has 0 aliphatic heterocycles. The van der Waals surface area contributed by atoms with Gasteiger partial charge in [-0.1, -0.05) is 12.1 Å². The van der Waals surface area contributed by atoms with Crippen LogP contribution in [0.25, 0.3) is 0 Å². The number of carbonyl (C=O) groups excluding carboxylic acids is 1. The van der Waals surface area contributed by atoms with E-state index in [0.717, 1.165) is 43.2 Å². The largest absolute Gasteiger partial charge is 0.508 e. The van der Waals surface area contributed by atoms with Crippen molar-refractivity contribution in [1.29, 1.82) is 0 Å². The Morgan fingerprint density at radius 2 is 2.00 bits per heavy atom. The number of hydrogen-bond acceptors (Lipinski definition) is 2. The summed E-state index contributed by atoms with van der Waals surface area (Å²) in [6.45, 7) is 4.23. The van der Waals surface area contributed by atoms with Crippen molar-refractivity contribution >= 4 is 5.91 Å². The number of benzene rings is 1. The predicted octanol–water partition coefficient (Wildman–Crippen LogP) is 3.60. The minimum atomic E-state index is -0.0659. The van der Waals surface area contributed by atoms with E-state index in [1.807, 2.05) is 12.1 Å². The number of phenols is 1. The summed E-state index contributed by atoms with van der Waals surface area (Å²) >= 11 is 0. The summed E-state index contributed by atoms with van der Waals surface area (Å²) in [6.07, 6.45) is 6.30. The van der Waals surface area contributed by atoms with Crippen LogP contribution in [-0.4, -0.2) is 28.0 Å². The number of nitrogens with zero attached hydrogens (tertiary/aromatic N) is 1. The quantitative estimate of drug-likeness (QED) is 0.922. The molecule has 2 aliphatic carbocycles. The maximum absolute atomic E-state index is 13.1. The van der Waals surface area contributed by atoms with Crippen LogP contribution in [0.4, 0.5) is 0 Å². The minimum absolute atomic E-state index is 0.0659. The molecule has 1 saturated carbocycles. The number of fused-ring (bicyclic) bond motifs is 1. The molecule has 1 aromatic rings. The maximum Gasteiger partial charge on any atom is 0.230 e. The van der Waals surface area contributed by atoms with Crippen LogP contribution in [0, 0.1) is 0 Å². The van der Waals surface area contributed by atoms with Gasteiger partial charge in [0, 0.05) is 12.1 Å². The summed E-state index contributed by atoms with van der Waals surface area (Å²) < 4.78 is 0. The lowest BCUT2D eigenvalue weighted by Gasteiger charge is -2.43. The van der Waals surface area contributed by atoms with Crippen LogP contribution in [0.15, 0.2) is 18.2 Å². The van der Waals surface area contributed by atoms with E-state index in [2.05, 4.69) is 18.7 Å². The summed E-state index contributed by atoms with van der Waals surface area (Å²) in [5, 5.41) is 10.0. The van der Waals surface area contributed by atoms with Gasteiger partial charge in [-0.2, -0.15) is 0 Å². The topological polar surface area (TPSA) is 40.5 Å². The molecule has 2 aliphatic rings. The first-order valence-electron chi connectivity index (χ1n) is 8.22. The van der Waals surface area contributed by atoms with Gasteiger partial charge in [0.05, 0.1) is 5.92 Å². The first-order valence-corrected chi connectivity index (χ1v) is 8.22. The zero-order valence-corrected chi connectivity index (χ0v) is 13.0. The summed E-state index contributed by atoms with van der Waals surface area (Å²) in [4.78, 5) is 15.2. The number of aromatic hydroxyl groups is 1. The molecule has 1 aromatic carbocycles. The van der Waals surface area contributed by atoms with Crippen molar-refractivity contribution in [3.63, 3.8) is 0 Å². The van der Waals surface area contributed by atoms with Crippen molar-refractivity contribution < 1.29 is 9.90 Å². The van der Waals surface area contributed by atoms with E-state index >= 15 is 0 Å². The van der Waals surface area contributed by atoms with Gasteiger partial charge >= 0.3 is 0 Å². The smallest absolute Gasteiger partial charge is 0.230 e. The van der Waals surface area contributed by atoms with Crippen LogP contribution in [0.3, 0.4) is 0 Å². The molecule has 3 nitrogen and oxygen atoms in total. The highest BCUT2D eigenvalue weighted by molar-refractivity contribution is 5.85. The Hall–Kier alpha value is -1.51. The zero-order chi connectivity index (χ0) is 15.0. The van der Waals surface area contributed by atoms with Gasteiger partial charge in [0.2, 0.25) is 5.91 Å². The molecule has 114 valence electrons. The average Bonchev–Trinajstić information content (AvgIpc) is 2.41. The molecule has 1 unspecified atom stereocenters. The Balaban J connectivity index is 1.90. The van der Waals surface area contributed by atoms with Crippen molar-refractivity contribution in [2.75, 3.05) is 0 Å². The van der Waals surface area contributed by atoms with Gasteiger partial charge in [-0.15, -0.1) is 0 Å². The molecular weight excluding hydrogens is 262 g/mol. The molecule has 0 spiro atoms. The highest BCUT2D eigenvalue weighted by Crippen LogP contribution is 2.39. The minimum Gasteiger partial charge on any atom is -0.508 e. The fraction of sp³-hybridized carbons (Fsp3) is 0.611. The van der Waals surface area contributed by atoms with Crippen molar-refractivity contribution in [3.05, 3.63) is 29.3 Å². The van der Waals surface area contributed by atoms with Gasteiger partial charge < -0.3 is 10.0 Å². The Labute approximate surface area is 127 Å². The van der Waals surface area contributed by atoms with Crippen LogP contribution in [0.2, 0.25) is 0 Å². The molecule has 1 fully saturated rings. The van der Waals surface area contributed by atoms with Gasteiger partial charge in [0.25, 0.3) is 0 Å². The van der Waals surface area contributed by atoms with Gasteiger partial charge in [-0.3, -0.25) is 4.79 Å². The Bertz CT molecular complexity index is 534. The average molecular weight is 287 g/mol. The van der Waals surface area contributed by atoms with Gasteiger partial charge in [-0.05, 0) is 69.6 Å². The van der Waals surface area contributed by atoms with Crippen LogP contribution >= 0.6 is 0 Å². The molecule has 3 heteroatoms. The SMILES string of the molecule is CC(C)N(C(=O)C1CCCc2c(O)cccc21)C1CCC1. The molecule has 1 N–H and O–H groups in total. The summed E-state index contributed by atoms with van der Waals surface area (Å²) in [5.74, 6) is 0.551. The second kappa shape index (κ2) is 5.70. The van der Waals surface area contributed by atoms with Crippen molar-refractivity contribution in [2.45, 2.75) is 70.4 Å². The first kappa shape index (κ1) is 14.4. The van der Waals surface area contributed by atoms with Crippen molar-refractivity contribution in [3.8, 4) is 5.75 Å². The third kappa shape index (κ3) is 2.54. The maximum atomic E-state index is 13.1. The zero-order valence-electron chi connectivity index (χ0n) is 13.0. The van der Waals surface area contributed by atoms with Crippen LogP contribution < -0.4 is 0 Å². The molecule has 1 amide bonds. The lowest BCUT2D eigenvalue weighted by Crippen LogP contribution is -2.50. The van der Waals surface area contributed by atoms with E-state index in [0.29, 0.717) is 11.8 Å². The second-order valence-electron chi connectivity index (χ2n) is 6.71. The van der Waals surface area contributed by atoms with Crippen LogP contribution in [-0.2, 0) is 11.2 Å². The molecule has 0 aromatic heterocycles. The summed E-state index contributed by atoms with van der Waals surface area (Å²) in [7, 11) is 0. The second-order valence-corrected chi connectivity index (χ2v) is 6.71. The van der Waals surface area contributed by atoms with E-state index in [-0.39, 0.29) is 17.9 Å². The fourth-order valence-corrected chi connectivity index (χ4v) is 3.79. The first-order chi connectivity index (χ1) is 10.1. The highest BCUT2D eigenvalue weighted by atomic mass is 16.3. The van der Waals surface area contributed by atoms with E-state index in [4.69, 9.17) is 0 Å². The van der Waals surface area contributed by atoms with Crippen molar-refractivity contribution in [1.82, 2.24) is 4.90 Å². The lowest BCUT2D eigenvalue weighted by atomic mass is 9.80. The molecule has 0 saturated heterocycles. The van der Waals surface area contributed by atoms with Gasteiger partial charge in [-0.25, -0.2) is 0 Å². The molecule has 0 heterocycles. The summed E-state index contributed by atoms with van der Waals surface area (Å²) in [5.41, 5.74) is 2.04. The number of carbonyl (C=O) groups is 1. The Morgan fingerprint density at radius 3 is 2.62 bits per heavy atom. The van der Waals surface area contributed by atoms with Gasteiger partial charge in [0.1, 0.15) is 5.75 Å². The predicted molar refractivity (Wildman–Crippen MR) is 83.4 cm³/mol. The molecule has 1 atom stereocenters. The normalized spacial score (nSPS) is 21.8. The lowest BCUT2D eigenvalue weighted by molar-refractivity contribution is -0.139. The fourth-order valence-electron chi connectivity index (χ4n) is 3.79. The van der Waals surface area contributed by atoms with Gasteiger partial charge in [0.15, 0.2) is 0 Å². The molecule has 0 radical (unpaired) electrons. The molecule has 0 bridgehead atoms. The number of hydrogen-bond donors (Lipinski definition) is 1. The molecular formula is C18H25NO2. The van der Waals surface area contributed by atoms with E-state index in [1.54, 1.807) is 6.07 Å².